The van der Waals surface area contributed by atoms with Crippen LogP contribution in [0, 0.1) is 29.6 Å². The molecule has 0 saturated heterocycles. The Morgan fingerprint density at radius 2 is 1.03 bits per heavy atom. The summed E-state index contributed by atoms with van der Waals surface area (Å²) in [4.78, 5) is 134. The van der Waals surface area contributed by atoms with E-state index in [1.54, 1.807) is 27.7 Å². The summed E-state index contributed by atoms with van der Waals surface area (Å²) in [5, 5.41) is 15.1. The molecule has 10 amide bonds. The molecule has 5 N–H and O–H groups in total. The highest BCUT2D eigenvalue weighted by molar-refractivity contribution is 6.74. The highest BCUT2D eigenvalue weighted by atomic mass is 28.4. The fourth-order valence-electron chi connectivity index (χ4n) is 8.66. The quantitative estimate of drug-likeness (QED) is 0.0749. The van der Waals surface area contributed by atoms with Crippen LogP contribution in [-0.4, -0.2) is 193 Å². The van der Waals surface area contributed by atoms with Crippen molar-refractivity contribution in [2.45, 2.75) is 209 Å². The molecule has 74 heavy (non-hydrogen) atoms. The van der Waals surface area contributed by atoms with E-state index in [2.05, 4.69) is 10.6 Å². The van der Waals surface area contributed by atoms with Gasteiger partial charge in [0.05, 0.1) is 6.10 Å². The average Bonchev–Trinajstić information content (AvgIpc) is 3.29. The van der Waals surface area contributed by atoms with Crippen LogP contribution in [0.3, 0.4) is 0 Å². The first-order valence-corrected chi connectivity index (χ1v) is 29.5. The molecule has 0 aliphatic rings. The number of imide groups is 1. The highest BCUT2D eigenvalue weighted by Crippen LogP contribution is 2.39. The standard InChI is InChI=1S/C53H101N9O11Si/c1-24-37(48(68)57(16)36(12)47(67)58(17)38(45(54)65)28-31(3)4)55-46(66)43(44(35(11)26-27-63)73-74(22,23)53(13,14)15)62(21)51(71)42(34(9)10)61(20)50(70)39(29-32(5)6)59(18)49(69)40(30-33(7)8)60(19)52(72)56-41(64)25-2/h31-40,42-44,63H,24-30H2,1-23H3,(H2,54,65)(H,55,66)(H,56,64,72)/t35-,36-,37+,38+,39+,40+,42+,43+,44-/m1/s1. The Labute approximate surface area is 446 Å². The first kappa shape index (κ1) is 69.4. The van der Waals surface area contributed by atoms with E-state index in [0.717, 1.165) is 0 Å². The van der Waals surface area contributed by atoms with Crippen LogP contribution in [0.25, 0.3) is 0 Å². The molecule has 21 heteroatoms. The lowest BCUT2D eigenvalue weighted by Gasteiger charge is -2.46. The Balaban J connectivity index is 7.74. The summed E-state index contributed by atoms with van der Waals surface area (Å²) in [6.07, 6.45) is 0.0235. The molecule has 20 nitrogen and oxygen atoms in total. The molecular weight excluding hydrogens is 967 g/mol. The molecular formula is C53H101N9O11Si. The number of carbonyl (C=O) groups is 9. The zero-order chi connectivity index (χ0) is 58.2. The number of nitrogens with one attached hydrogen (secondary N) is 2. The number of aliphatic hydroxyl groups excluding tert-OH is 1. The Bertz CT molecular complexity index is 1910. The summed E-state index contributed by atoms with van der Waals surface area (Å²) in [5.74, 6) is -6.01. The van der Waals surface area contributed by atoms with Gasteiger partial charge in [-0.05, 0) is 86.7 Å². The first-order chi connectivity index (χ1) is 33.8. The van der Waals surface area contributed by atoms with E-state index in [-0.39, 0.29) is 61.5 Å². The second kappa shape index (κ2) is 30.2. The second-order valence-electron chi connectivity index (χ2n) is 23.5. The predicted molar refractivity (Wildman–Crippen MR) is 291 cm³/mol. The van der Waals surface area contributed by atoms with Crippen LogP contribution >= 0.6 is 0 Å². The van der Waals surface area contributed by atoms with Crippen molar-refractivity contribution in [1.82, 2.24) is 40.0 Å². The van der Waals surface area contributed by atoms with Crippen molar-refractivity contribution in [3.05, 3.63) is 0 Å². The van der Waals surface area contributed by atoms with Gasteiger partial charge in [0.25, 0.3) is 0 Å². The molecule has 0 rings (SSSR count). The molecule has 428 valence electrons. The average molecular weight is 1070 g/mol. The SMILES string of the molecule is CCC(=O)NC(=O)N(C)[C@@H](CC(C)C)C(=O)N(C)[C@@H](CC(C)C)C(=O)N(C)[C@H](C(=O)N(C)[C@H](C(=O)N[C@@H](CC)C(=O)N(C)[C@H](C)C(=O)N(C)[C@@H](CC(C)C)C(N)=O)[C@H](O[Si](C)(C)C(C)(C)C)[C@H](C)CCO)C(C)C. The number of urea groups is 1. The van der Waals surface area contributed by atoms with E-state index in [9.17, 15) is 33.9 Å². The van der Waals surface area contributed by atoms with E-state index < -0.39 is 122 Å². The lowest BCUT2D eigenvalue weighted by molar-refractivity contribution is -0.156. The molecule has 0 aromatic carbocycles. The minimum absolute atomic E-state index is 0.0399. The normalized spacial score (nSPS) is 15.7. The van der Waals surface area contributed by atoms with Crippen molar-refractivity contribution in [3.63, 3.8) is 0 Å². The molecule has 0 saturated carbocycles. The van der Waals surface area contributed by atoms with E-state index >= 15 is 14.4 Å². The second-order valence-corrected chi connectivity index (χ2v) is 28.3. The van der Waals surface area contributed by atoms with Crippen LogP contribution in [0.2, 0.25) is 18.1 Å². The fourth-order valence-corrected chi connectivity index (χ4v) is 10.1. The molecule has 0 spiro atoms. The van der Waals surface area contributed by atoms with Gasteiger partial charge in [0.2, 0.25) is 47.3 Å². The Morgan fingerprint density at radius 1 is 0.595 bits per heavy atom. The van der Waals surface area contributed by atoms with Gasteiger partial charge in [0.15, 0.2) is 8.32 Å². The molecule has 0 aromatic rings. The Hall–Kier alpha value is -4.63. The van der Waals surface area contributed by atoms with Gasteiger partial charge in [-0.3, -0.25) is 43.7 Å². The number of rotatable bonds is 29. The third-order valence-corrected chi connectivity index (χ3v) is 19.1. The van der Waals surface area contributed by atoms with Crippen molar-refractivity contribution >= 4 is 61.6 Å². The molecule has 0 radical (unpaired) electrons. The number of carbonyl (C=O) groups excluding carboxylic acids is 9. The lowest BCUT2D eigenvalue weighted by Crippen LogP contribution is -2.65. The number of hydrogen-bond acceptors (Lipinski definition) is 11. The van der Waals surface area contributed by atoms with Gasteiger partial charge in [-0.2, -0.15) is 0 Å². The smallest absolute Gasteiger partial charge is 0.324 e. The van der Waals surface area contributed by atoms with Crippen LogP contribution in [0.4, 0.5) is 4.79 Å². The zero-order valence-electron chi connectivity index (χ0n) is 49.7. The third-order valence-electron chi connectivity index (χ3n) is 14.7. The van der Waals surface area contributed by atoms with Crippen molar-refractivity contribution in [3.8, 4) is 0 Å². The molecule has 0 aromatic heterocycles. The maximum absolute atomic E-state index is 15.4. The Morgan fingerprint density at radius 3 is 1.43 bits per heavy atom. The molecule has 0 bridgehead atoms. The summed E-state index contributed by atoms with van der Waals surface area (Å²) in [6, 6.07) is -8.72. The van der Waals surface area contributed by atoms with Crippen LogP contribution in [0.1, 0.15) is 142 Å². The number of likely N-dealkylation sites (N-methyl/N-ethyl adjacent to an activating group) is 6. The van der Waals surface area contributed by atoms with Crippen LogP contribution in [0.15, 0.2) is 0 Å². The number of hydrogen-bond donors (Lipinski definition) is 4. The highest BCUT2D eigenvalue weighted by Gasteiger charge is 2.49. The first-order valence-electron chi connectivity index (χ1n) is 26.6. The van der Waals surface area contributed by atoms with E-state index in [4.69, 9.17) is 10.2 Å². The lowest BCUT2D eigenvalue weighted by atomic mass is 9.91. The van der Waals surface area contributed by atoms with Crippen molar-refractivity contribution < 1.29 is 52.7 Å². The monoisotopic (exact) mass is 1070 g/mol. The van der Waals surface area contributed by atoms with Gasteiger partial charge in [-0.15, -0.1) is 0 Å². The topological polar surface area (TPSA) is 253 Å². The number of primary amides is 1. The summed E-state index contributed by atoms with van der Waals surface area (Å²) in [6.45, 7) is 31.4. The van der Waals surface area contributed by atoms with Crippen LogP contribution < -0.4 is 16.4 Å². The maximum Gasteiger partial charge on any atom is 0.324 e. The number of nitrogens with two attached hydrogens (primary N) is 1. The minimum Gasteiger partial charge on any atom is -0.411 e. The van der Waals surface area contributed by atoms with E-state index in [0.29, 0.717) is 6.42 Å². The minimum atomic E-state index is -2.79. The number of nitrogens with zero attached hydrogens (tertiary/aromatic N) is 6. The summed E-state index contributed by atoms with van der Waals surface area (Å²) < 4.78 is 7.07. The summed E-state index contributed by atoms with van der Waals surface area (Å²) >= 11 is 0. The summed E-state index contributed by atoms with van der Waals surface area (Å²) in [5.41, 5.74) is 5.69. The molecule has 0 fully saturated rings. The molecule has 9 atom stereocenters. The van der Waals surface area contributed by atoms with Gasteiger partial charge in [0, 0.05) is 55.3 Å². The van der Waals surface area contributed by atoms with Gasteiger partial charge in [0.1, 0.15) is 42.3 Å². The molecule has 0 unspecified atom stereocenters. The number of amides is 10. The van der Waals surface area contributed by atoms with Gasteiger partial charge < -0.3 is 50.0 Å². The van der Waals surface area contributed by atoms with Crippen molar-refractivity contribution in [2.24, 2.45) is 35.3 Å². The van der Waals surface area contributed by atoms with Gasteiger partial charge in [-0.1, -0.05) is 96.9 Å². The van der Waals surface area contributed by atoms with Crippen molar-refractivity contribution in [1.29, 1.82) is 0 Å². The summed E-state index contributed by atoms with van der Waals surface area (Å²) in [7, 11) is 5.96. The number of aliphatic hydroxyl groups is 1. The van der Waals surface area contributed by atoms with Crippen LogP contribution in [-0.2, 0) is 42.8 Å². The zero-order valence-corrected chi connectivity index (χ0v) is 50.7. The Kier molecular flexibility index (Phi) is 28.3. The van der Waals surface area contributed by atoms with Gasteiger partial charge in [-0.25, -0.2) is 4.79 Å². The maximum atomic E-state index is 15.4. The van der Waals surface area contributed by atoms with E-state index in [1.165, 1.54) is 78.6 Å². The predicted octanol–water partition coefficient (Wildman–Crippen LogP) is 4.67. The molecule has 0 aliphatic heterocycles. The van der Waals surface area contributed by atoms with Crippen molar-refractivity contribution in [2.75, 3.05) is 48.9 Å². The van der Waals surface area contributed by atoms with Crippen LogP contribution in [0.5, 0.6) is 0 Å². The molecule has 0 aliphatic carbocycles. The van der Waals surface area contributed by atoms with E-state index in [1.807, 2.05) is 82.3 Å². The fraction of sp³-hybridized carbons (Fsp3) is 0.830. The third kappa shape index (κ3) is 19.2. The largest absolute Gasteiger partial charge is 0.411 e. The van der Waals surface area contributed by atoms with Gasteiger partial charge >= 0.3 is 6.03 Å². The molecule has 0 heterocycles.